The molecule has 1 fully saturated rings. The molecule has 1 aliphatic rings. The van der Waals surface area contributed by atoms with Gasteiger partial charge in [0, 0.05) is 10.9 Å². The second kappa shape index (κ2) is 7.01. The Morgan fingerprint density at radius 2 is 2.00 bits per heavy atom. The Morgan fingerprint density at radius 1 is 1.33 bits per heavy atom. The van der Waals surface area contributed by atoms with Crippen LogP contribution in [0.4, 0.5) is 4.79 Å². The lowest BCUT2D eigenvalue weighted by atomic mass is 10.2. The number of amides is 1. The molecule has 0 saturated carbocycles. The molecule has 1 aliphatic heterocycles. The van der Waals surface area contributed by atoms with Crippen molar-refractivity contribution in [2.45, 2.75) is 51.9 Å². The molecule has 0 aliphatic carbocycles. The number of likely N-dealkylation sites (tertiary alicyclic amines) is 1. The van der Waals surface area contributed by atoms with E-state index in [9.17, 15) is 14.7 Å². The summed E-state index contributed by atoms with van der Waals surface area (Å²) in [5, 5.41) is 9.38. The van der Waals surface area contributed by atoms with Crippen molar-refractivity contribution in [3.05, 3.63) is 28.2 Å². The van der Waals surface area contributed by atoms with E-state index in [1.807, 2.05) is 25.1 Å². The van der Waals surface area contributed by atoms with Crippen LogP contribution in [0.3, 0.4) is 0 Å². The predicted octanol–water partition coefficient (Wildman–Crippen LogP) is 3.60. The van der Waals surface area contributed by atoms with Gasteiger partial charge < -0.3 is 14.6 Å². The fraction of sp³-hybridized carbons (Fsp3) is 0.529. The zero-order chi connectivity index (χ0) is 18.1. The van der Waals surface area contributed by atoms with E-state index in [2.05, 4.69) is 15.9 Å². The van der Waals surface area contributed by atoms with Crippen LogP contribution in [0, 0.1) is 6.92 Å². The molecule has 1 heterocycles. The summed E-state index contributed by atoms with van der Waals surface area (Å²) in [6, 6.07) is 4.61. The van der Waals surface area contributed by atoms with Crippen molar-refractivity contribution in [2.24, 2.45) is 0 Å². The van der Waals surface area contributed by atoms with E-state index in [1.165, 1.54) is 4.90 Å². The number of ether oxygens (including phenoxy) is 2. The van der Waals surface area contributed by atoms with Gasteiger partial charge in [-0.15, -0.1) is 0 Å². The molecule has 0 aromatic heterocycles. The van der Waals surface area contributed by atoms with E-state index in [-0.39, 0.29) is 19.1 Å². The van der Waals surface area contributed by atoms with Crippen molar-refractivity contribution < 1.29 is 24.2 Å². The molecule has 0 spiro atoms. The number of carboxylic acids is 1. The first-order valence-electron chi connectivity index (χ1n) is 7.72. The number of halogens is 1. The summed E-state index contributed by atoms with van der Waals surface area (Å²) in [6.45, 7) is 7.36. The summed E-state index contributed by atoms with van der Waals surface area (Å²) in [5.41, 5.74) is 0.339. The summed E-state index contributed by atoms with van der Waals surface area (Å²) < 4.78 is 12.1. The number of nitrogens with zero attached hydrogens (tertiary/aromatic N) is 1. The third-order valence-corrected chi connectivity index (χ3v) is 4.50. The topological polar surface area (TPSA) is 76.1 Å². The van der Waals surface area contributed by atoms with Gasteiger partial charge in [-0.1, -0.05) is 15.9 Å². The molecule has 0 unspecified atom stereocenters. The summed E-state index contributed by atoms with van der Waals surface area (Å²) in [4.78, 5) is 24.9. The van der Waals surface area contributed by atoms with Crippen molar-refractivity contribution >= 4 is 28.0 Å². The highest BCUT2D eigenvalue weighted by Crippen LogP contribution is 2.27. The number of rotatable bonds is 3. The number of carbonyl (C=O) groups is 2. The molecule has 0 radical (unpaired) electrons. The molecule has 1 amide bonds. The van der Waals surface area contributed by atoms with Crippen LogP contribution in [0.2, 0.25) is 0 Å². The number of hydrogen-bond donors (Lipinski definition) is 1. The summed E-state index contributed by atoms with van der Waals surface area (Å²) >= 11 is 3.42. The molecule has 7 heteroatoms. The van der Waals surface area contributed by atoms with Gasteiger partial charge in [0.25, 0.3) is 0 Å². The van der Waals surface area contributed by atoms with E-state index in [4.69, 9.17) is 9.47 Å². The van der Waals surface area contributed by atoms with Crippen molar-refractivity contribution in [1.29, 1.82) is 0 Å². The second-order valence-corrected chi connectivity index (χ2v) is 7.73. The SMILES string of the molecule is Cc1cc(O[C@H]2C[C@@H](C(=O)O)N(C(=O)OC(C)(C)C)C2)ccc1Br. The van der Waals surface area contributed by atoms with Gasteiger partial charge in [0.15, 0.2) is 0 Å². The first kappa shape index (κ1) is 18.6. The van der Waals surface area contributed by atoms with Gasteiger partial charge in [-0.05, 0) is 51.5 Å². The van der Waals surface area contributed by atoms with Gasteiger partial charge in [-0.25, -0.2) is 9.59 Å². The maximum atomic E-state index is 12.3. The number of carbonyl (C=O) groups excluding carboxylic acids is 1. The number of aliphatic carboxylic acids is 1. The van der Waals surface area contributed by atoms with Crippen LogP contribution < -0.4 is 4.74 Å². The number of hydrogen-bond acceptors (Lipinski definition) is 4. The second-order valence-electron chi connectivity index (χ2n) is 6.87. The van der Waals surface area contributed by atoms with Gasteiger partial charge in [0.2, 0.25) is 0 Å². The minimum atomic E-state index is -1.06. The van der Waals surface area contributed by atoms with Gasteiger partial charge in [-0.3, -0.25) is 4.90 Å². The molecule has 1 aromatic rings. The first-order valence-corrected chi connectivity index (χ1v) is 8.51. The van der Waals surface area contributed by atoms with E-state index in [1.54, 1.807) is 20.8 Å². The fourth-order valence-corrected chi connectivity index (χ4v) is 2.77. The largest absolute Gasteiger partial charge is 0.488 e. The lowest BCUT2D eigenvalue weighted by Crippen LogP contribution is -2.43. The van der Waals surface area contributed by atoms with Crippen LogP contribution in [-0.2, 0) is 9.53 Å². The lowest BCUT2D eigenvalue weighted by molar-refractivity contribution is -0.142. The molecule has 0 bridgehead atoms. The summed E-state index contributed by atoms with van der Waals surface area (Å²) in [6.07, 6.45) is -0.795. The molecule has 1 N–H and O–H groups in total. The Balaban J connectivity index is 2.10. The highest BCUT2D eigenvalue weighted by molar-refractivity contribution is 9.10. The zero-order valence-electron chi connectivity index (χ0n) is 14.2. The average Bonchev–Trinajstić information content (AvgIpc) is 2.85. The van der Waals surface area contributed by atoms with Crippen LogP contribution in [0.25, 0.3) is 0 Å². The van der Waals surface area contributed by atoms with Gasteiger partial charge >= 0.3 is 12.1 Å². The van der Waals surface area contributed by atoms with Crippen molar-refractivity contribution in [1.82, 2.24) is 4.90 Å². The van der Waals surface area contributed by atoms with E-state index >= 15 is 0 Å². The van der Waals surface area contributed by atoms with Crippen molar-refractivity contribution in [3.8, 4) is 5.75 Å². The fourth-order valence-electron chi connectivity index (χ4n) is 2.52. The molecular formula is C17H22BrNO5. The number of carboxylic acid groups (broad SMARTS) is 1. The predicted molar refractivity (Wildman–Crippen MR) is 92.3 cm³/mol. The number of aryl methyl sites for hydroxylation is 1. The normalized spacial score (nSPS) is 20.8. The Labute approximate surface area is 149 Å². The van der Waals surface area contributed by atoms with E-state index in [0.717, 1.165) is 10.0 Å². The Morgan fingerprint density at radius 3 is 2.54 bits per heavy atom. The molecule has 2 atom stereocenters. The van der Waals surface area contributed by atoms with E-state index in [0.29, 0.717) is 5.75 Å². The standard InChI is InChI=1S/C17H22BrNO5/c1-10-7-11(5-6-13(10)18)23-12-8-14(15(20)21)19(9-12)16(22)24-17(2,3)4/h5-7,12,14H,8-9H2,1-4H3,(H,20,21)/t12-,14-/m0/s1. The van der Waals surface area contributed by atoms with Gasteiger partial charge in [0.1, 0.15) is 23.5 Å². The van der Waals surface area contributed by atoms with Crippen LogP contribution in [0.5, 0.6) is 5.75 Å². The van der Waals surface area contributed by atoms with Crippen LogP contribution in [0.1, 0.15) is 32.8 Å². The minimum absolute atomic E-state index is 0.182. The molecular weight excluding hydrogens is 378 g/mol. The van der Waals surface area contributed by atoms with Gasteiger partial charge in [0.05, 0.1) is 6.54 Å². The van der Waals surface area contributed by atoms with Crippen LogP contribution in [0.15, 0.2) is 22.7 Å². The molecule has 2 rings (SSSR count). The minimum Gasteiger partial charge on any atom is -0.488 e. The molecule has 6 nitrogen and oxygen atoms in total. The first-order chi connectivity index (χ1) is 11.1. The monoisotopic (exact) mass is 399 g/mol. The molecule has 1 saturated heterocycles. The molecule has 24 heavy (non-hydrogen) atoms. The average molecular weight is 400 g/mol. The van der Waals surface area contributed by atoms with Crippen LogP contribution in [-0.4, -0.2) is 46.4 Å². The molecule has 1 aromatic carbocycles. The van der Waals surface area contributed by atoms with Crippen LogP contribution >= 0.6 is 15.9 Å². The van der Waals surface area contributed by atoms with Crippen molar-refractivity contribution in [3.63, 3.8) is 0 Å². The van der Waals surface area contributed by atoms with Gasteiger partial charge in [-0.2, -0.15) is 0 Å². The summed E-state index contributed by atoms with van der Waals surface area (Å²) in [5.74, 6) is -0.408. The molecule has 132 valence electrons. The zero-order valence-corrected chi connectivity index (χ0v) is 15.8. The van der Waals surface area contributed by atoms with E-state index < -0.39 is 23.7 Å². The highest BCUT2D eigenvalue weighted by Gasteiger charge is 2.42. The third kappa shape index (κ3) is 4.63. The third-order valence-electron chi connectivity index (χ3n) is 3.61. The Bertz CT molecular complexity index is 640. The smallest absolute Gasteiger partial charge is 0.411 e. The van der Waals surface area contributed by atoms with Crippen molar-refractivity contribution in [2.75, 3.05) is 6.54 Å². The quantitative estimate of drug-likeness (QED) is 0.839. The Hall–Kier alpha value is -1.76. The Kier molecular flexibility index (Phi) is 5.42. The highest BCUT2D eigenvalue weighted by atomic mass is 79.9. The maximum absolute atomic E-state index is 12.3. The maximum Gasteiger partial charge on any atom is 0.411 e. The lowest BCUT2D eigenvalue weighted by Gasteiger charge is -2.26. The summed E-state index contributed by atoms with van der Waals surface area (Å²) in [7, 11) is 0. The number of benzene rings is 1.